The van der Waals surface area contributed by atoms with Gasteiger partial charge in [-0.3, -0.25) is 0 Å². The number of hydrogen-bond acceptors (Lipinski definition) is 1. The third-order valence-corrected chi connectivity index (χ3v) is 3.98. The summed E-state index contributed by atoms with van der Waals surface area (Å²) in [4.78, 5) is 2.19. The van der Waals surface area contributed by atoms with Gasteiger partial charge in [0.15, 0.2) is 5.11 Å². The highest BCUT2D eigenvalue weighted by atomic mass is 32.1. The molecule has 0 heterocycles. The van der Waals surface area contributed by atoms with Crippen molar-refractivity contribution >= 4 is 17.3 Å². The highest BCUT2D eigenvalue weighted by Crippen LogP contribution is 2.18. The van der Waals surface area contributed by atoms with E-state index in [0.717, 1.165) is 5.11 Å². The molecule has 1 atom stereocenters. The number of hydrogen-bond donors (Lipinski definition) is 1. The van der Waals surface area contributed by atoms with Crippen molar-refractivity contribution in [3.05, 3.63) is 0 Å². The fraction of sp³-hybridized carbons (Fsp3) is 0.917. The van der Waals surface area contributed by atoms with Crippen LogP contribution in [-0.4, -0.2) is 29.1 Å². The molecular weight excluding hydrogens is 204 g/mol. The lowest BCUT2D eigenvalue weighted by molar-refractivity contribution is 0.303. The molecule has 1 N–H and O–H groups in total. The zero-order chi connectivity index (χ0) is 11.4. The second kappa shape index (κ2) is 5.69. The van der Waals surface area contributed by atoms with Gasteiger partial charge in [-0.25, -0.2) is 0 Å². The minimum Gasteiger partial charge on any atom is -0.360 e. The molecule has 0 aromatic rings. The monoisotopic (exact) mass is 228 g/mol. The molecule has 1 rings (SSSR count). The van der Waals surface area contributed by atoms with E-state index in [9.17, 15) is 0 Å². The fourth-order valence-corrected chi connectivity index (χ4v) is 2.31. The predicted octanol–water partition coefficient (Wildman–Crippen LogP) is 2.78. The molecule has 3 heteroatoms. The van der Waals surface area contributed by atoms with E-state index in [1.807, 2.05) is 0 Å². The summed E-state index contributed by atoms with van der Waals surface area (Å²) >= 11 is 5.42. The van der Waals surface area contributed by atoms with Gasteiger partial charge in [-0.05, 0) is 37.9 Å². The van der Waals surface area contributed by atoms with Crippen molar-refractivity contribution in [2.75, 3.05) is 7.05 Å². The Morgan fingerprint density at radius 3 is 2.27 bits per heavy atom. The van der Waals surface area contributed by atoms with Crippen molar-refractivity contribution in [1.29, 1.82) is 0 Å². The second-order valence-electron chi connectivity index (χ2n) is 5.03. The van der Waals surface area contributed by atoms with Crippen molar-refractivity contribution in [3.63, 3.8) is 0 Å². The number of thiocarbonyl (C=S) groups is 1. The molecule has 0 spiro atoms. The molecule has 0 amide bonds. The van der Waals surface area contributed by atoms with Crippen LogP contribution in [0.15, 0.2) is 0 Å². The van der Waals surface area contributed by atoms with Crippen LogP contribution in [0.4, 0.5) is 0 Å². The van der Waals surface area contributed by atoms with Gasteiger partial charge in [-0.1, -0.05) is 26.7 Å². The van der Waals surface area contributed by atoms with E-state index in [0.29, 0.717) is 18.0 Å². The first-order valence-corrected chi connectivity index (χ1v) is 6.46. The number of nitrogens with zero attached hydrogens (tertiary/aromatic N) is 1. The molecule has 1 fully saturated rings. The average Bonchev–Trinajstić information content (AvgIpc) is 2.67. The van der Waals surface area contributed by atoms with Crippen LogP contribution < -0.4 is 5.32 Å². The first-order chi connectivity index (χ1) is 7.02. The van der Waals surface area contributed by atoms with Crippen LogP contribution in [0.3, 0.4) is 0 Å². The highest BCUT2D eigenvalue weighted by molar-refractivity contribution is 7.80. The van der Waals surface area contributed by atoms with Crippen LogP contribution in [0.5, 0.6) is 0 Å². The number of rotatable bonds is 3. The third-order valence-electron chi connectivity index (χ3n) is 3.58. The Bertz CT molecular complexity index is 210. The van der Waals surface area contributed by atoms with E-state index in [2.05, 4.69) is 38.0 Å². The Morgan fingerprint density at radius 2 is 1.80 bits per heavy atom. The molecule has 1 aliphatic carbocycles. The Kier molecular flexibility index (Phi) is 4.84. The second-order valence-corrected chi connectivity index (χ2v) is 5.41. The van der Waals surface area contributed by atoms with Gasteiger partial charge in [0.25, 0.3) is 0 Å². The van der Waals surface area contributed by atoms with Gasteiger partial charge < -0.3 is 10.2 Å². The first-order valence-electron chi connectivity index (χ1n) is 6.05. The smallest absolute Gasteiger partial charge is 0.169 e. The van der Waals surface area contributed by atoms with E-state index >= 15 is 0 Å². The van der Waals surface area contributed by atoms with Gasteiger partial charge in [0.1, 0.15) is 0 Å². The van der Waals surface area contributed by atoms with E-state index < -0.39 is 0 Å². The van der Waals surface area contributed by atoms with Crippen molar-refractivity contribution in [1.82, 2.24) is 10.2 Å². The van der Waals surface area contributed by atoms with Crippen LogP contribution in [0.25, 0.3) is 0 Å². The molecule has 1 unspecified atom stereocenters. The average molecular weight is 228 g/mol. The fourth-order valence-electron chi connectivity index (χ4n) is 1.98. The molecule has 0 aromatic carbocycles. The normalized spacial score (nSPS) is 19.3. The quantitative estimate of drug-likeness (QED) is 0.748. The molecule has 1 aliphatic rings. The van der Waals surface area contributed by atoms with Crippen LogP contribution in [0, 0.1) is 5.92 Å². The standard InChI is InChI=1S/C12H24N2S/c1-9(2)10(3)14(4)12(15)13-11-7-5-6-8-11/h9-11H,5-8H2,1-4H3,(H,13,15). The van der Waals surface area contributed by atoms with E-state index in [4.69, 9.17) is 12.2 Å². The van der Waals surface area contributed by atoms with Gasteiger partial charge in [0, 0.05) is 19.1 Å². The zero-order valence-electron chi connectivity index (χ0n) is 10.4. The third kappa shape index (κ3) is 3.63. The maximum Gasteiger partial charge on any atom is 0.169 e. The summed E-state index contributed by atoms with van der Waals surface area (Å²) in [6.45, 7) is 6.70. The van der Waals surface area contributed by atoms with Gasteiger partial charge in [-0.2, -0.15) is 0 Å². The summed E-state index contributed by atoms with van der Waals surface area (Å²) in [7, 11) is 2.09. The summed E-state index contributed by atoms with van der Waals surface area (Å²) in [5.41, 5.74) is 0. The van der Waals surface area contributed by atoms with Crippen molar-refractivity contribution in [3.8, 4) is 0 Å². The summed E-state index contributed by atoms with van der Waals surface area (Å²) in [6.07, 6.45) is 5.27. The Labute approximate surface area is 99.4 Å². The van der Waals surface area contributed by atoms with Crippen molar-refractivity contribution in [2.24, 2.45) is 5.92 Å². The van der Waals surface area contributed by atoms with E-state index in [1.54, 1.807) is 0 Å². The molecule has 88 valence electrons. The first kappa shape index (κ1) is 12.8. The van der Waals surface area contributed by atoms with Gasteiger partial charge in [-0.15, -0.1) is 0 Å². The Hall–Kier alpha value is -0.310. The molecule has 0 radical (unpaired) electrons. The molecule has 0 aliphatic heterocycles. The van der Waals surface area contributed by atoms with Crippen LogP contribution in [0.2, 0.25) is 0 Å². The van der Waals surface area contributed by atoms with E-state index in [-0.39, 0.29) is 0 Å². The summed E-state index contributed by atoms with van der Waals surface area (Å²) < 4.78 is 0. The molecule has 15 heavy (non-hydrogen) atoms. The topological polar surface area (TPSA) is 15.3 Å². The van der Waals surface area contributed by atoms with Gasteiger partial charge in [0.05, 0.1) is 0 Å². The molecular formula is C12H24N2S. The minimum atomic E-state index is 0.506. The van der Waals surface area contributed by atoms with Crippen molar-refractivity contribution < 1.29 is 0 Å². The predicted molar refractivity (Wildman–Crippen MR) is 70.1 cm³/mol. The van der Waals surface area contributed by atoms with Crippen LogP contribution in [-0.2, 0) is 0 Å². The number of nitrogens with one attached hydrogen (secondary N) is 1. The van der Waals surface area contributed by atoms with E-state index in [1.165, 1.54) is 25.7 Å². The van der Waals surface area contributed by atoms with Crippen LogP contribution >= 0.6 is 12.2 Å². The SMILES string of the molecule is CC(C)C(C)N(C)C(=S)NC1CCCC1. The lowest BCUT2D eigenvalue weighted by atomic mass is 10.1. The Morgan fingerprint density at radius 1 is 1.27 bits per heavy atom. The summed E-state index contributed by atoms with van der Waals surface area (Å²) in [6, 6.07) is 1.13. The lowest BCUT2D eigenvalue weighted by Gasteiger charge is -2.31. The largest absolute Gasteiger partial charge is 0.360 e. The van der Waals surface area contributed by atoms with Crippen molar-refractivity contribution in [2.45, 2.75) is 58.5 Å². The molecule has 1 saturated carbocycles. The lowest BCUT2D eigenvalue weighted by Crippen LogP contribution is -2.47. The van der Waals surface area contributed by atoms with Gasteiger partial charge in [0.2, 0.25) is 0 Å². The molecule has 0 bridgehead atoms. The highest BCUT2D eigenvalue weighted by Gasteiger charge is 2.20. The van der Waals surface area contributed by atoms with Gasteiger partial charge >= 0.3 is 0 Å². The maximum absolute atomic E-state index is 5.42. The zero-order valence-corrected chi connectivity index (χ0v) is 11.2. The molecule has 2 nitrogen and oxygen atoms in total. The minimum absolute atomic E-state index is 0.506. The molecule has 0 aromatic heterocycles. The molecule has 0 saturated heterocycles. The summed E-state index contributed by atoms with van der Waals surface area (Å²) in [5.74, 6) is 0.637. The maximum atomic E-state index is 5.42. The van der Waals surface area contributed by atoms with Crippen LogP contribution in [0.1, 0.15) is 46.5 Å². The summed E-state index contributed by atoms with van der Waals surface area (Å²) in [5, 5.41) is 4.39. The Balaban J connectivity index is 2.38.